The Kier molecular flexibility index (Phi) is 2.56. The molecule has 6 heteroatoms. The van der Waals surface area contributed by atoms with Gasteiger partial charge in [0.25, 0.3) is 5.78 Å². The number of anilines is 2. The van der Waals surface area contributed by atoms with Crippen molar-refractivity contribution in [3.8, 4) is 0 Å². The highest BCUT2D eigenvalue weighted by atomic mass is 35.5. The van der Waals surface area contributed by atoms with Crippen LogP contribution in [0, 0.1) is 5.92 Å². The summed E-state index contributed by atoms with van der Waals surface area (Å²) in [4.78, 5) is 7.17. The number of halogens is 1. The molecule has 6 rings (SSSR count). The molecular weight excluding hydrogens is 334 g/mol. The van der Waals surface area contributed by atoms with Gasteiger partial charge < -0.3 is 4.90 Å². The number of rotatable bonds is 1. The SMILES string of the molecule is Clc1nnc2nc(N3CC4CC4c4ccccc43)c3ccccc3n12. The summed E-state index contributed by atoms with van der Waals surface area (Å²) in [6.07, 6.45) is 1.27. The van der Waals surface area contributed by atoms with E-state index >= 15 is 0 Å². The van der Waals surface area contributed by atoms with Crippen LogP contribution in [0.15, 0.2) is 48.5 Å². The third kappa shape index (κ3) is 1.81. The van der Waals surface area contributed by atoms with E-state index in [-0.39, 0.29) is 0 Å². The van der Waals surface area contributed by atoms with E-state index in [0.717, 1.165) is 23.3 Å². The van der Waals surface area contributed by atoms with Crippen molar-refractivity contribution in [2.45, 2.75) is 12.3 Å². The predicted octanol–water partition coefficient (Wildman–Crippen LogP) is 4.19. The van der Waals surface area contributed by atoms with Crippen molar-refractivity contribution >= 4 is 39.8 Å². The fourth-order valence-corrected chi connectivity index (χ4v) is 4.37. The molecule has 0 spiro atoms. The maximum atomic E-state index is 6.24. The summed E-state index contributed by atoms with van der Waals surface area (Å²) in [5, 5.41) is 9.55. The van der Waals surface area contributed by atoms with Crippen molar-refractivity contribution in [3.05, 3.63) is 59.4 Å². The van der Waals surface area contributed by atoms with E-state index < -0.39 is 0 Å². The van der Waals surface area contributed by atoms with E-state index in [1.165, 1.54) is 17.7 Å². The zero-order chi connectivity index (χ0) is 16.5. The average Bonchev–Trinajstić information content (AvgIpc) is 3.36. The summed E-state index contributed by atoms with van der Waals surface area (Å²) < 4.78 is 1.80. The van der Waals surface area contributed by atoms with Crippen LogP contribution in [0.4, 0.5) is 11.5 Å². The first-order valence-corrected chi connectivity index (χ1v) is 8.85. The van der Waals surface area contributed by atoms with Crippen LogP contribution in [0.3, 0.4) is 0 Å². The van der Waals surface area contributed by atoms with Gasteiger partial charge in [-0.1, -0.05) is 30.3 Å². The summed E-state index contributed by atoms with van der Waals surface area (Å²) in [5.74, 6) is 2.90. The number of hydrogen-bond donors (Lipinski definition) is 0. The maximum absolute atomic E-state index is 6.24. The van der Waals surface area contributed by atoms with Gasteiger partial charge in [0.05, 0.1) is 5.52 Å². The lowest BCUT2D eigenvalue weighted by Crippen LogP contribution is -2.26. The van der Waals surface area contributed by atoms with Crippen LogP contribution in [0.5, 0.6) is 0 Å². The van der Waals surface area contributed by atoms with Crippen LogP contribution in [0.25, 0.3) is 16.7 Å². The van der Waals surface area contributed by atoms with Gasteiger partial charge >= 0.3 is 0 Å². The minimum absolute atomic E-state index is 0.339. The lowest BCUT2D eigenvalue weighted by atomic mass is 10.0. The standard InChI is InChI=1S/C19H14ClN5/c20-18-22-23-19-21-17(13-6-2-4-8-16(13)25(18)19)24-10-11-9-14(11)12-5-1-3-7-15(12)24/h1-8,11,14H,9-10H2. The predicted molar refractivity (Wildman–Crippen MR) is 97.6 cm³/mol. The quantitative estimate of drug-likeness (QED) is 0.518. The fourth-order valence-electron chi connectivity index (χ4n) is 4.17. The zero-order valence-electron chi connectivity index (χ0n) is 13.3. The van der Waals surface area contributed by atoms with Gasteiger partial charge in [0.1, 0.15) is 5.82 Å². The summed E-state index contributed by atoms with van der Waals surface area (Å²) in [6.45, 7) is 0.997. The van der Waals surface area contributed by atoms with Gasteiger partial charge in [-0.2, -0.15) is 4.98 Å². The molecule has 2 atom stereocenters. The van der Waals surface area contributed by atoms with Crippen LogP contribution < -0.4 is 4.90 Å². The summed E-state index contributed by atoms with van der Waals surface area (Å²) in [5.41, 5.74) is 3.67. The molecule has 0 bridgehead atoms. The monoisotopic (exact) mass is 347 g/mol. The van der Waals surface area contributed by atoms with E-state index in [0.29, 0.717) is 22.9 Å². The number of nitrogens with zero attached hydrogens (tertiary/aromatic N) is 5. The molecule has 3 heterocycles. The molecule has 2 aromatic heterocycles. The van der Waals surface area contributed by atoms with Gasteiger partial charge in [0, 0.05) is 17.6 Å². The highest BCUT2D eigenvalue weighted by Crippen LogP contribution is 2.56. The Morgan fingerprint density at radius 1 is 1.00 bits per heavy atom. The minimum atomic E-state index is 0.339. The topological polar surface area (TPSA) is 46.3 Å². The summed E-state index contributed by atoms with van der Waals surface area (Å²) in [7, 11) is 0. The lowest BCUT2D eigenvalue weighted by molar-refractivity contribution is 0.746. The van der Waals surface area contributed by atoms with Crippen molar-refractivity contribution in [3.63, 3.8) is 0 Å². The molecule has 2 aliphatic rings. The molecule has 25 heavy (non-hydrogen) atoms. The number of para-hydroxylation sites is 2. The molecule has 0 radical (unpaired) electrons. The molecule has 1 aliphatic carbocycles. The van der Waals surface area contributed by atoms with E-state index in [2.05, 4.69) is 45.4 Å². The van der Waals surface area contributed by atoms with Crippen LogP contribution >= 0.6 is 11.6 Å². The second-order valence-electron chi connectivity index (χ2n) is 6.83. The normalized spacial score (nSPS) is 21.4. The average molecular weight is 348 g/mol. The Bertz CT molecular complexity index is 1150. The first kappa shape index (κ1) is 13.6. The van der Waals surface area contributed by atoms with E-state index in [1.807, 2.05) is 18.2 Å². The molecule has 122 valence electrons. The van der Waals surface area contributed by atoms with Crippen LogP contribution in [-0.4, -0.2) is 26.1 Å². The van der Waals surface area contributed by atoms with Crippen LogP contribution in [0.1, 0.15) is 17.9 Å². The van der Waals surface area contributed by atoms with Crippen LogP contribution in [-0.2, 0) is 0 Å². The third-order valence-corrected chi connectivity index (χ3v) is 5.67. The van der Waals surface area contributed by atoms with Crippen LogP contribution in [0.2, 0.25) is 5.28 Å². The molecule has 0 N–H and O–H groups in total. The lowest BCUT2D eigenvalue weighted by Gasteiger charge is -2.31. The second-order valence-corrected chi connectivity index (χ2v) is 7.17. The summed E-state index contributed by atoms with van der Waals surface area (Å²) >= 11 is 6.24. The Labute approximate surface area is 148 Å². The number of fused-ring (bicyclic) bond motifs is 6. The van der Waals surface area contributed by atoms with E-state index in [4.69, 9.17) is 16.6 Å². The number of benzene rings is 2. The minimum Gasteiger partial charge on any atom is -0.325 e. The van der Waals surface area contributed by atoms with Gasteiger partial charge in [0.15, 0.2) is 0 Å². The molecule has 1 fully saturated rings. The van der Waals surface area contributed by atoms with E-state index in [1.54, 1.807) is 4.40 Å². The van der Waals surface area contributed by atoms with Crippen molar-refractivity contribution in [1.29, 1.82) is 0 Å². The molecule has 4 aromatic rings. The molecule has 0 saturated heterocycles. The molecule has 2 unspecified atom stereocenters. The summed E-state index contributed by atoms with van der Waals surface area (Å²) in [6, 6.07) is 16.8. The van der Waals surface area contributed by atoms with Gasteiger partial charge in [-0.15, -0.1) is 10.2 Å². The molecule has 1 aliphatic heterocycles. The first-order chi connectivity index (χ1) is 12.3. The Hall–Kier alpha value is -2.66. The van der Waals surface area contributed by atoms with Crippen molar-refractivity contribution < 1.29 is 0 Å². The Morgan fingerprint density at radius 3 is 2.80 bits per heavy atom. The highest BCUT2D eigenvalue weighted by Gasteiger charge is 2.45. The smallest absolute Gasteiger partial charge is 0.258 e. The Balaban J connectivity index is 1.68. The van der Waals surface area contributed by atoms with Gasteiger partial charge in [-0.05, 0) is 53.6 Å². The second kappa shape index (κ2) is 4.70. The number of hydrogen-bond acceptors (Lipinski definition) is 4. The van der Waals surface area contributed by atoms with Crippen molar-refractivity contribution in [1.82, 2.24) is 19.6 Å². The molecule has 2 aromatic carbocycles. The molecule has 5 nitrogen and oxygen atoms in total. The molecular formula is C19H14ClN5. The van der Waals surface area contributed by atoms with Gasteiger partial charge in [-0.25, -0.2) is 4.40 Å². The molecule has 0 amide bonds. The van der Waals surface area contributed by atoms with Crippen molar-refractivity contribution in [2.75, 3.05) is 11.4 Å². The zero-order valence-corrected chi connectivity index (χ0v) is 14.1. The fraction of sp³-hybridized carbons (Fsp3) is 0.211. The maximum Gasteiger partial charge on any atom is 0.258 e. The first-order valence-electron chi connectivity index (χ1n) is 8.47. The van der Waals surface area contributed by atoms with Gasteiger partial charge in [0.2, 0.25) is 5.28 Å². The van der Waals surface area contributed by atoms with Gasteiger partial charge in [-0.3, -0.25) is 0 Å². The number of aromatic nitrogens is 4. The Morgan fingerprint density at radius 2 is 1.84 bits per heavy atom. The third-order valence-electron chi connectivity index (χ3n) is 5.42. The van der Waals surface area contributed by atoms with Crippen molar-refractivity contribution in [2.24, 2.45) is 5.92 Å². The largest absolute Gasteiger partial charge is 0.325 e. The highest BCUT2D eigenvalue weighted by molar-refractivity contribution is 6.29. The van der Waals surface area contributed by atoms with E-state index in [9.17, 15) is 0 Å². The molecule has 1 saturated carbocycles.